The summed E-state index contributed by atoms with van der Waals surface area (Å²) in [5, 5.41) is 15.1. The number of aromatic nitrogens is 3. The molecule has 3 aromatic heterocycles. The van der Waals surface area contributed by atoms with E-state index in [1.807, 2.05) is 17.4 Å². The quantitative estimate of drug-likeness (QED) is 0.165. The molecule has 0 spiro atoms. The Morgan fingerprint density at radius 2 is 0.924 bits per heavy atom. The topological polar surface area (TPSA) is 30.7 Å². The van der Waals surface area contributed by atoms with Gasteiger partial charge in [-0.2, -0.15) is 0 Å². The van der Waals surface area contributed by atoms with Gasteiger partial charge in [0.2, 0.25) is 5.95 Å². The molecule has 0 amide bonds. The van der Waals surface area contributed by atoms with Crippen molar-refractivity contribution in [2.75, 3.05) is 0 Å². The van der Waals surface area contributed by atoms with E-state index in [9.17, 15) is 0 Å². The molecule has 0 N–H and O–H groups in total. The first kappa shape index (κ1) is 36.0. The van der Waals surface area contributed by atoms with Gasteiger partial charge >= 0.3 is 0 Å². The van der Waals surface area contributed by atoms with Crippen LogP contribution in [-0.4, -0.2) is 14.5 Å². The average Bonchev–Trinajstić information content (AvgIpc) is 4.04. The maximum absolute atomic E-state index is 5.30. The molecule has 4 heteroatoms. The number of hydrogen-bond donors (Lipinski definition) is 0. The van der Waals surface area contributed by atoms with E-state index in [4.69, 9.17) is 9.97 Å². The molecule has 14 aromatic rings. The second-order valence-electron chi connectivity index (χ2n) is 17.6. The number of para-hydroxylation sites is 2. The Balaban J connectivity index is 0.866. The third-order valence-electron chi connectivity index (χ3n) is 14.1. The molecular formula is C62H35N3S. The maximum atomic E-state index is 5.30. The molecule has 0 fully saturated rings. The average molecular weight is 854 g/mol. The summed E-state index contributed by atoms with van der Waals surface area (Å²) in [5.41, 5.74) is 14.0. The lowest BCUT2D eigenvalue weighted by atomic mass is 9.90. The van der Waals surface area contributed by atoms with Gasteiger partial charge in [0.05, 0.1) is 22.2 Å². The van der Waals surface area contributed by atoms with Gasteiger partial charge in [0.15, 0.2) is 0 Å². The lowest BCUT2D eigenvalue weighted by molar-refractivity contribution is 1.01. The SMILES string of the molecule is c1ccc(-c2nc(-n3c4ccccc4c4cc(-c5ccc6sc7c(c6c5)-c5ccc(-c6ccc8c9ccccc9c9ccccc9c8c6)c6cccc-7c56)ccc43)nc3ccccc23)cc1. The van der Waals surface area contributed by atoms with E-state index >= 15 is 0 Å². The minimum atomic E-state index is 0.668. The number of thiophene rings is 1. The molecule has 1 aliphatic rings. The standard InChI is InChI=1S/C62H35N3S/c1-2-13-36(14-3-1)60-48-20-8-10-23-54(48)63-62(64-60)65-55-24-11-9-19-46(55)52-33-37(26-31-56(52)65)38-27-32-57-53(34-38)59-49-30-29-40(47-21-12-22-50(58(47)49)61(59)66-57)39-25-28-45-43-17-5-4-15-41(43)42-16-6-7-18-44(42)51(45)35-39/h1-35H. The number of fused-ring (bicyclic) bond motifs is 15. The second-order valence-corrected chi connectivity index (χ2v) is 18.6. The smallest absolute Gasteiger partial charge is 0.235 e. The monoisotopic (exact) mass is 853 g/mol. The Hall–Kier alpha value is -8.44. The first-order chi connectivity index (χ1) is 32.7. The fourth-order valence-electron chi connectivity index (χ4n) is 11.2. The predicted octanol–water partition coefficient (Wildman–Crippen LogP) is 17.2. The van der Waals surface area contributed by atoms with Crippen LogP contribution in [0.15, 0.2) is 212 Å². The Labute approximate surface area is 383 Å². The van der Waals surface area contributed by atoms with E-state index in [-0.39, 0.29) is 0 Å². The van der Waals surface area contributed by atoms with Crippen LogP contribution in [0.2, 0.25) is 0 Å². The van der Waals surface area contributed by atoms with Crippen LogP contribution in [-0.2, 0) is 0 Å². The van der Waals surface area contributed by atoms with Gasteiger partial charge in [-0.1, -0.05) is 170 Å². The number of rotatable bonds is 4. The zero-order valence-corrected chi connectivity index (χ0v) is 36.3. The largest absolute Gasteiger partial charge is 0.278 e. The molecule has 3 heterocycles. The Morgan fingerprint density at radius 3 is 1.73 bits per heavy atom. The van der Waals surface area contributed by atoms with E-state index in [0.717, 1.165) is 33.2 Å². The van der Waals surface area contributed by atoms with Gasteiger partial charge in [-0.25, -0.2) is 9.97 Å². The lowest BCUT2D eigenvalue weighted by Gasteiger charge is -2.14. The van der Waals surface area contributed by atoms with Crippen LogP contribution in [0.1, 0.15) is 0 Å². The third-order valence-corrected chi connectivity index (χ3v) is 15.3. The van der Waals surface area contributed by atoms with Crippen LogP contribution in [0.3, 0.4) is 0 Å². The van der Waals surface area contributed by atoms with E-state index < -0.39 is 0 Å². The van der Waals surface area contributed by atoms with Crippen LogP contribution >= 0.6 is 11.3 Å². The van der Waals surface area contributed by atoms with Crippen LogP contribution in [0.4, 0.5) is 0 Å². The third kappa shape index (κ3) is 5.02. The van der Waals surface area contributed by atoms with Gasteiger partial charge in [-0.3, -0.25) is 4.57 Å². The van der Waals surface area contributed by atoms with Crippen molar-refractivity contribution in [2.45, 2.75) is 0 Å². The highest BCUT2D eigenvalue weighted by molar-refractivity contribution is 7.23. The molecule has 1 aliphatic carbocycles. The van der Waals surface area contributed by atoms with Crippen molar-refractivity contribution in [3.63, 3.8) is 0 Å². The predicted molar refractivity (Wildman–Crippen MR) is 280 cm³/mol. The van der Waals surface area contributed by atoms with Gasteiger partial charge < -0.3 is 0 Å². The fraction of sp³-hybridized carbons (Fsp3) is 0. The molecule has 0 saturated carbocycles. The molecule has 0 atom stereocenters. The maximum Gasteiger partial charge on any atom is 0.235 e. The van der Waals surface area contributed by atoms with Crippen molar-refractivity contribution in [3.8, 4) is 61.0 Å². The van der Waals surface area contributed by atoms with Crippen molar-refractivity contribution in [3.05, 3.63) is 212 Å². The molecule has 304 valence electrons. The van der Waals surface area contributed by atoms with Crippen LogP contribution in [0, 0.1) is 0 Å². The van der Waals surface area contributed by atoms with Crippen molar-refractivity contribution in [1.82, 2.24) is 14.5 Å². The normalized spacial score (nSPS) is 12.2. The summed E-state index contributed by atoms with van der Waals surface area (Å²) < 4.78 is 3.54. The van der Waals surface area contributed by atoms with Crippen molar-refractivity contribution in [1.29, 1.82) is 0 Å². The molecule has 15 rings (SSSR count). The first-order valence-corrected chi connectivity index (χ1v) is 23.4. The number of hydrogen-bond acceptors (Lipinski definition) is 3. The molecular weight excluding hydrogens is 819 g/mol. The minimum absolute atomic E-state index is 0.668. The van der Waals surface area contributed by atoms with Crippen molar-refractivity contribution < 1.29 is 0 Å². The summed E-state index contributed by atoms with van der Waals surface area (Å²) >= 11 is 1.91. The molecule has 0 unspecified atom stereocenters. The highest BCUT2D eigenvalue weighted by atomic mass is 32.1. The molecule has 0 aliphatic heterocycles. The highest BCUT2D eigenvalue weighted by Gasteiger charge is 2.28. The molecule has 3 nitrogen and oxygen atoms in total. The van der Waals surface area contributed by atoms with Gasteiger partial charge in [0.25, 0.3) is 0 Å². The zero-order chi connectivity index (χ0) is 43.0. The van der Waals surface area contributed by atoms with E-state index in [1.54, 1.807) is 0 Å². The van der Waals surface area contributed by atoms with Gasteiger partial charge in [0, 0.05) is 47.8 Å². The first-order valence-electron chi connectivity index (χ1n) is 22.6. The molecule has 66 heavy (non-hydrogen) atoms. The Bertz CT molecular complexity index is 4370. The fourth-order valence-corrected chi connectivity index (χ4v) is 12.4. The van der Waals surface area contributed by atoms with Crippen molar-refractivity contribution >= 4 is 97.2 Å². The lowest BCUT2D eigenvalue weighted by Crippen LogP contribution is -2.03. The van der Waals surface area contributed by atoms with Crippen LogP contribution in [0.5, 0.6) is 0 Å². The van der Waals surface area contributed by atoms with E-state index in [2.05, 4.69) is 211 Å². The van der Waals surface area contributed by atoms with Crippen LogP contribution in [0.25, 0.3) is 147 Å². The van der Waals surface area contributed by atoms with Gasteiger partial charge in [-0.15, -0.1) is 11.3 Å². The van der Waals surface area contributed by atoms with Crippen LogP contribution < -0.4 is 0 Å². The molecule has 11 aromatic carbocycles. The minimum Gasteiger partial charge on any atom is -0.278 e. The molecule has 0 bridgehead atoms. The van der Waals surface area contributed by atoms with E-state index in [0.29, 0.717) is 5.95 Å². The summed E-state index contributed by atoms with van der Waals surface area (Å²) in [7, 11) is 0. The summed E-state index contributed by atoms with van der Waals surface area (Å²) in [5.74, 6) is 0.668. The Morgan fingerprint density at radius 1 is 0.333 bits per heavy atom. The zero-order valence-electron chi connectivity index (χ0n) is 35.5. The second kappa shape index (κ2) is 13.5. The Kier molecular flexibility index (Phi) is 7.38. The summed E-state index contributed by atoms with van der Waals surface area (Å²) in [4.78, 5) is 11.8. The number of nitrogens with zero attached hydrogens (tertiary/aromatic N) is 3. The van der Waals surface area contributed by atoms with Gasteiger partial charge in [-0.05, 0) is 113 Å². The summed E-state index contributed by atoms with van der Waals surface area (Å²) in [6.07, 6.45) is 0. The van der Waals surface area contributed by atoms with E-state index in [1.165, 1.54) is 108 Å². The van der Waals surface area contributed by atoms with Gasteiger partial charge in [0.1, 0.15) is 0 Å². The van der Waals surface area contributed by atoms with Crippen molar-refractivity contribution in [2.24, 2.45) is 0 Å². The molecule has 0 radical (unpaired) electrons. The highest BCUT2D eigenvalue weighted by Crippen LogP contribution is 2.56. The summed E-state index contributed by atoms with van der Waals surface area (Å²) in [6, 6.07) is 77.7. The number of benzene rings is 11. The molecule has 0 saturated heterocycles. The summed E-state index contributed by atoms with van der Waals surface area (Å²) in [6.45, 7) is 0.